The van der Waals surface area contributed by atoms with Gasteiger partial charge in [-0.25, -0.2) is 4.99 Å². The van der Waals surface area contributed by atoms with Crippen molar-refractivity contribution in [3.8, 4) is 0 Å². The summed E-state index contributed by atoms with van der Waals surface area (Å²) in [7, 11) is 0. The molecule has 0 saturated heterocycles. The first-order chi connectivity index (χ1) is 9.78. The summed E-state index contributed by atoms with van der Waals surface area (Å²) in [6.07, 6.45) is 13.2. The van der Waals surface area contributed by atoms with Gasteiger partial charge in [-0.3, -0.25) is 0 Å². The zero-order chi connectivity index (χ0) is 14.2. The lowest BCUT2D eigenvalue weighted by atomic mass is 9.95. The molecule has 0 aromatic heterocycles. The van der Waals surface area contributed by atoms with Crippen molar-refractivity contribution in [3.05, 3.63) is 0 Å². The van der Waals surface area contributed by atoms with Crippen molar-refractivity contribution < 1.29 is 0 Å². The van der Waals surface area contributed by atoms with Gasteiger partial charge in [-0.15, -0.1) is 0 Å². The van der Waals surface area contributed by atoms with Crippen LogP contribution in [0.2, 0.25) is 0 Å². The van der Waals surface area contributed by atoms with E-state index in [1.165, 1.54) is 64.2 Å². The highest BCUT2D eigenvalue weighted by molar-refractivity contribution is 5.80. The number of rotatable bonds is 4. The van der Waals surface area contributed by atoms with E-state index in [0.29, 0.717) is 18.6 Å². The van der Waals surface area contributed by atoms with Crippen LogP contribution in [0.4, 0.5) is 0 Å². The van der Waals surface area contributed by atoms with Crippen molar-refractivity contribution in [2.75, 3.05) is 6.54 Å². The molecule has 1 atom stereocenters. The SMILES string of the molecule is CC(CN)N/C(=N\C1CCCCC1)NC1CCCCC1. The van der Waals surface area contributed by atoms with Gasteiger partial charge in [0.25, 0.3) is 0 Å². The predicted molar refractivity (Wildman–Crippen MR) is 86.0 cm³/mol. The smallest absolute Gasteiger partial charge is 0.192 e. The zero-order valence-electron chi connectivity index (χ0n) is 13.0. The van der Waals surface area contributed by atoms with Gasteiger partial charge in [-0.2, -0.15) is 0 Å². The molecule has 4 nitrogen and oxygen atoms in total. The first-order valence-electron chi connectivity index (χ1n) is 8.59. The number of nitrogens with zero attached hydrogens (tertiary/aromatic N) is 1. The molecule has 2 rings (SSSR count). The zero-order valence-corrected chi connectivity index (χ0v) is 13.0. The number of hydrogen-bond donors (Lipinski definition) is 3. The molecule has 4 N–H and O–H groups in total. The Hall–Kier alpha value is -0.770. The van der Waals surface area contributed by atoms with Crippen molar-refractivity contribution in [1.82, 2.24) is 10.6 Å². The summed E-state index contributed by atoms with van der Waals surface area (Å²) < 4.78 is 0. The van der Waals surface area contributed by atoms with Gasteiger partial charge in [0, 0.05) is 18.6 Å². The molecule has 0 spiro atoms. The molecule has 2 aliphatic carbocycles. The fourth-order valence-electron chi connectivity index (χ4n) is 3.24. The molecule has 2 aliphatic rings. The average Bonchev–Trinajstić information content (AvgIpc) is 2.49. The molecular weight excluding hydrogens is 248 g/mol. The number of nitrogens with two attached hydrogens (primary N) is 1. The summed E-state index contributed by atoms with van der Waals surface area (Å²) in [5, 5.41) is 7.13. The van der Waals surface area contributed by atoms with Gasteiger partial charge in [-0.1, -0.05) is 38.5 Å². The van der Waals surface area contributed by atoms with E-state index in [1.54, 1.807) is 0 Å². The first-order valence-corrected chi connectivity index (χ1v) is 8.59. The van der Waals surface area contributed by atoms with Crippen LogP contribution in [-0.2, 0) is 0 Å². The summed E-state index contributed by atoms with van der Waals surface area (Å²) >= 11 is 0. The molecule has 0 radical (unpaired) electrons. The Balaban J connectivity index is 1.92. The molecule has 116 valence electrons. The van der Waals surface area contributed by atoms with Crippen molar-refractivity contribution in [2.45, 2.75) is 89.3 Å². The van der Waals surface area contributed by atoms with Crippen LogP contribution in [0.1, 0.15) is 71.1 Å². The molecule has 20 heavy (non-hydrogen) atoms. The van der Waals surface area contributed by atoms with Crippen molar-refractivity contribution in [2.24, 2.45) is 10.7 Å². The van der Waals surface area contributed by atoms with Gasteiger partial charge in [0.1, 0.15) is 0 Å². The van der Waals surface area contributed by atoms with E-state index >= 15 is 0 Å². The maximum Gasteiger partial charge on any atom is 0.192 e. The maximum absolute atomic E-state index is 5.74. The lowest BCUT2D eigenvalue weighted by molar-refractivity contribution is 0.402. The third-order valence-electron chi connectivity index (χ3n) is 4.57. The topological polar surface area (TPSA) is 62.4 Å². The van der Waals surface area contributed by atoms with Gasteiger partial charge in [0.2, 0.25) is 0 Å². The Morgan fingerprint density at radius 1 is 1.05 bits per heavy atom. The third-order valence-corrected chi connectivity index (χ3v) is 4.57. The fraction of sp³-hybridized carbons (Fsp3) is 0.938. The predicted octanol–water partition coefficient (Wildman–Crippen LogP) is 2.53. The summed E-state index contributed by atoms with van der Waals surface area (Å²) in [5.74, 6) is 1.00. The highest BCUT2D eigenvalue weighted by Crippen LogP contribution is 2.21. The molecule has 0 amide bonds. The Kier molecular flexibility index (Phi) is 6.64. The van der Waals surface area contributed by atoms with Crippen LogP contribution in [0.5, 0.6) is 0 Å². The van der Waals surface area contributed by atoms with Gasteiger partial charge >= 0.3 is 0 Å². The van der Waals surface area contributed by atoms with Gasteiger partial charge in [-0.05, 0) is 32.6 Å². The minimum absolute atomic E-state index is 0.286. The molecule has 0 aromatic rings. The molecule has 2 fully saturated rings. The Morgan fingerprint density at radius 3 is 2.25 bits per heavy atom. The fourth-order valence-corrected chi connectivity index (χ4v) is 3.24. The van der Waals surface area contributed by atoms with Gasteiger partial charge in [0.05, 0.1) is 6.04 Å². The molecule has 2 saturated carbocycles. The summed E-state index contributed by atoms with van der Waals surface area (Å²) in [5.41, 5.74) is 5.74. The largest absolute Gasteiger partial charge is 0.354 e. The van der Waals surface area contributed by atoms with Crippen LogP contribution in [-0.4, -0.2) is 30.6 Å². The van der Waals surface area contributed by atoms with Crippen LogP contribution in [0.15, 0.2) is 4.99 Å². The van der Waals surface area contributed by atoms with E-state index in [1.807, 2.05) is 0 Å². The Bertz CT molecular complexity index is 291. The van der Waals surface area contributed by atoms with Crippen molar-refractivity contribution >= 4 is 5.96 Å². The van der Waals surface area contributed by atoms with E-state index in [-0.39, 0.29) is 6.04 Å². The first kappa shape index (κ1) is 15.6. The maximum atomic E-state index is 5.74. The molecule has 0 aromatic carbocycles. The quantitative estimate of drug-likeness (QED) is 0.548. The lowest BCUT2D eigenvalue weighted by Crippen LogP contribution is -2.49. The second-order valence-electron chi connectivity index (χ2n) is 6.53. The number of hydrogen-bond acceptors (Lipinski definition) is 2. The minimum atomic E-state index is 0.286. The van der Waals surface area contributed by atoms with Crippen LogP contribution < -0.4 is 16.4 Å². The molecule has 4 heteroatoms. The van der Waals surface area contributed by atoms with Crippen molar-refractivity contribution in [1.29, 1.82) is 0 Å². The normalized spacial score (nSPS) is 24.4. The Labute approximate surface area is 124 Å². The second-order valence-corrected chi connectivity index (χ2v) is 6.53. The summed E-state index contributed by atoms with van der Waals surface area (Å²) in [4.78, 5) is 4.96. The highest BCUT2D eigenvalue weighted by Gasteiger charge is 2.18. The van der Waals surface area contributed by atoms with Crippen LogP contribution in [0.3, 0.4) is 0 Å². The van der Waals surface area contributed by atoms with E-state index in [9.17, 15) is 0 Å². The molecule has 0 aliphatic heterocycles. The highest BCUT2D eigenvalue weighted by atomic mass is 15.2. The molecular formula is C16H32N4. The van der Waals surface area contributed by atoms with Crippen LogP contribution in [0, 0.1) is 0 Å². The van der Waals surface area contributed by atoms with Crippen molar-refractivity contribution in [3.63, 3.8) is 0 Å². The Morgan fingerprint density at radius 2 is 1.65 bits per heavy atom. The summed E-state index contributed by atoms with van der Waals surface area (Å²) in [6, 6.07) is 1.39. The summed E-state index contributed by atoms with van der Waals surface area (Å²) in [6.45, 7) is 2.77. The van der Waals surface area contributed by atoms with E-state index in [4.69, 9.17) is 10.7 Å². The third kappa shape index (κ3) is 5.31. The standard InChI is InChI=1S/C16H32N4/c1-13(12-17)18-16(19-14-8-4-2-5-9-14)20-15-10-6-3-7-11-15/h13-15H,2-12,17H2,1H3,(H2,18,19,20). The average molecular weight is 280 g/mol. The number of aliphatic imine (C=N–C) groups is 1. The molecule has 0 bridgehead atoms. The lowest BCUT2D eigenvalue weighted by Gasteiger charge is -2.28. The van der Waals surface area contributed by atoms with E-state index in [2.05, 4.69) is 17.6 Å². The van der Waals surface area contributed by atoms with Gasteiger partial charge in [0.15, 0.2) is 5.96 Å². The van der Waals surface area contributed by atoms with Gasteiger partial charge < -0.3 is 16.4 Å². The minimum Gasteiger partial charge on any atom is -0.354 e. The van der Waals surface area contributed by atoms with E-state index < -0.39 is 0 Å². The second kappa shape index (κ2) is 8.50. The monoisotopic (exact) mass is 280 g/mol. The van der Waals surface area contributed by atoms with E-state index in [0.717, 1.165) is 5.96 Å². The number of nitrogens with one attached hydrogen (secondary N) is 2. The van der Waals surface area contributed by atoms with Crippen LogP contribution >= 0.6 is 0 Å². The number of guanidine groups is 1. The molecule has 1 unspecified atom stereocenters. The van der Waals surface area contributed by atoms with Crippen LogP contribution in [0.25, 0.3) is 0 Å². The molecule has 0 heterocycles.